The summed E-state index contributed by atoms with van der Waals surface area (Å²) in [7, 11) is 0. The van der Waals surface area contributed by atoms with Crippen LogP contribution in [0.25, 0.3) is 5.32 Å². The van der Waals surface area contributed by atoms with E-state index in [1.54, 1.807) is 0 Å². The molecule has 1 fully saturated rings. The minimum absolute atomic E-state index is 0. The average Bonchev–Trinajstić information content (AvgIpc) is 2.37. The van der Waals surface area contributed by atoms with Gasteiger partial charge < -0.3 is 10.2 Å². The van der Waals surface area contributed by atoms with Gasteiger partial charge in [0, 0.05) is 5.56 Å². The average molecular weight is 309 g/mol. The van der Waals surface area contributed by atoms with Gasteiger partial charge >= 0.3 is 58.2 Å². The van der Waals surface area contributed by atoms with E-state index in [-0.39, 0.29) is 69.0 Å². The van der Waals surface area contributed by atoms with Gasteiger partial charge in [0.25, 0.3) is 0 Å². The molecule has 0 unspecified atom stereocenters. The second-order valence-corrected chi connectivity index (χ2v) is 3.50. The number of hydrogen-bond donors (Lipinski definition) is 0. The summed E-state index contributed by atoms with van der Waals surface area (Å²) >= 11 is 0. The summed E-state index contributed by atoms with van der Waals surface area (Å²) in [5.74, 6) is 0. The molecule has 0 spiro atoms. The van der Waals surface area contributed by atoms with E-state index in [0.29, 0.717) is 17.7 Å². The third kappa shape index (κ3) is 3.80. The number of nitrogens with zero attached hydrogens (tertiary/aromatic N) is 2. The van der Waals surface area contributed by atoms with Crippen molar-refractivity contribution in [2.45, 2.75) is 27.2 Å². The Morgan fingerprint density at radius 3 is 2.12 bits per heavy atom. The van der Waals surface area contributed by atoms with Crippen molar-refractivity contribution in [3.05, 3.63) is 31.3 Å². The fourth-order valence-electron chi connectivity index (χ4n) is 1.92. The summed E-state index contributed by atoms with van der Waals surface area (Å²) in [5, 5.41) is 4.20. The molecule has 0 aromatic heterocycles. The topological polar surface area (TPSA) is 51.5 Å². The molecule has 1 aromatic carbocycles. The molecule has 4 nitrogen and oxygen atoms in total. The van der Waals surface area contributed by atoms with E-state index in [2.05, 4.69) is 5.32 Å². The fourth-order valence-corrected chi connectivity index (χ4v) is 1.92. The van der Waals surface area contributed by atoms with Crippen LogP contribution in [-0.2, 0) is 6.42 Å². The Balaban J connectivity index is 0.000000811. The van der Waals surface area contributed by atoms with Crippen LogP contribution < -0.4 is 73.9 Å². The van der Waals surface area contributed by atoms with Gasteiger partial charge in [-0.25, -0.2) is 0 Å². The molecule has 1 heterocycles. The van der Waals surface area contributed by atoms with Gasteiger partial charge in [-0.2, -0.15) is 0 Å². The first-order valence-electron chi connectivity index (χ1n) is 5.96. The number of piperazine rings is 1. The largest absolute Gasteiger partial charge is 1.00 e. The predicted octanol–water partition coefficient (Wildman–Crippen LogP) is -1.93. The van der Waals surface area contributed by atoms with Gasteiger partial charge in [-0.05, 0) is 19.5 Å². The molecule has 0 saturated carbocycles. The summed E-state index contributed by atoms with van der Waals surface area (Å²) in [6, 6.07) is 0. The number of rotatable bonds is 2. The molecule has 1 aliphatic heterocycles. The Kier molecular flexibility index (Phi) is 9.03. The zero-order valence-corrected chi connectivity index (χ0v) is 16.2. The van der Waals surface area contributed by atoms with Gasteiger partial charge in [-0.1, -0.05) is 20.8 Å². The van der Waals surface area contributed by atoms with Crippen molar-refractivity contribution >= 4 is 5.69 Å². The molecule has 90 valence electrons. The Morgan fingerprint density at radius 1 is 1.12 bits per heavy atom. The molecule has 1 aromatic rings. The van der Waals surface area contributed by atoms with Crippen LogP contribution in [0.3, 0.4) is 0 Å². The molecule has 0 atom stereocenters. The van der Waals surface area contributed by atoms with Crippen molar-refractivity contribution in [2.24, 2.45) is 0 Å². The maximum absolute atomic E-state index is 11.4. The minimum atomic E-state index is -0.302. The van der Waals surface area contributed by atoms with Crippen LogP contribution >= 0.6 is 0 Å². The number of anilines is 1. The summed E-state index contributed by atoms with van der Waals surface area (Å²) in [5.41, 5.74) is 0.776. The van der Waals surface area contributed by atoms with Crippen LogP contribution in [0.5, 0.6) is 0 Å². The van der Waals surface area contributed by atoms with E-state index in [4.69, 9.17) is 0 Å². The fraction of sp³-hybridized carbons (Fsp3) is 0.667. The molecule has 0 radical (unpaired) electrons. The minimum Gasteiger partial charge on any atom is -0.659 e. The maximum Gasteiger partial charge on any atom is 1.00 e. The summed E-state index contributed by atoms with van der Waals surface area (Å²) in [6.07, 6.45) is 0.660. The van der Waals surface area contributed by atoms with Crippen molar-refractivity contribution in [3.63, 3.8) is 0 Å². The van der Waals surface area contributed by atoms with Crippen molar-refractivity contribution in [1.29, 1.82) is 0 Å². The molecule has 0 aliphatic carbocycles. The predicted molar refractivity (Wildman–Crippen MR) is 67.4 cm³/mol. The summed E-state index contributed by atoms with van der Waals surface area (Å²) in [6.45, 7) is 8.99. The second kappa shape index (κ2) is 8.70. The molecule has 0 amide bonds. The van der Waals surface area contributed by atoms with E-state index in [9.17, 15) is 9.59 Å². The van der Waals surface area contributed by atoms with Gasteiger partial charge in [0.2, 0.25) is 10.9 Å². The van der Waals surface area contributed by atoms with Crippen LogP contribution in [0.15, 0.2) is 9.59 Å². The SMILES string of the molecule is CC.CCc1c(N2CC[N-]CC2)c(=O)c1=O.[Rb+]. The smallest absolute Gasteiger partial charge is 0.659 e. The molecule has 17 heavy (non-hydrogen) atoms. The molecule has 0 N–H and O–H groups in total. The standard InChI is InChI=1S/C10H13N2O2.C2H6.Rb/c1-2-7-8(10(14)9(7)13)12-5-3-11-4-6-12;1-2;/h2-6H2,1H3;1-2H3;/q-1;;+1. The Hall–Kier alpha value is 0.645. The normalized spacial score (nSPS) is 14.9. The molecule has 2 rings (SSSR count). The summed E-state index contributed by atoms with van der Waals surface area (Å²) in [4.78, 5) is 24.5. The van der Waals surface area contributed by atoms with E-state index in [1.807, 2.05) is 25.7 Å². The molecule has 0 bridgehead atoms. The molecule has 1 aliphatic rings. The van der Waals surface area contributed by atoms with Gasteiger partial charge in [0.15, 0.2) is 0 Å². The first-order chi connectivity index (χ1) is 7.75. The van der Waals surface area contributed by atoms with Crippen LogP contribution in [0.2, 0.25) is 0 Å². The van der Waals surface area contributed by atoms with Gasteiger partial charge in [-0.15, -0.1) is 13.1 Å². The van der Waals surface area contributed by atoms with Gasteiger partial charge in [0.1, 0.15) is 0 Å². The maximum atomic E-state index is 11.4. The Bertz CT molecular complexity index is 405. The van der Waals surface area contributed by atoms with E-state index < -0.39 is 0 Å². The third-order valence-electron chi connectivity index (χ3n) is 2.71. The molecular weight excluding hydrogens is 290 g/mol. The van der Waals surface area contributed by atoms with Crippen LogP contribution in [0.4, 0.5) is 5.69 Å². The zero-order valence-electron chi connectivity index (χ0n) is 11.2. The van der Waals surface area contributed by atoms with Gasteiger partial charge in [0.05, 0.1) is 5.69 Å². The second-order valence-electron chi connectivity index (χ2n) is 3.50. The van der Waals surface area contributed by atoms with Crippen molar-refractivity contribution in [3.8, 4) is 0 Å². The summed E-state index contributed by atoms with van der Waals surface area (Å²) < 4.78 is 0. The van der Waals surface area contributed by atoms with Crippen molar-refractivity contribution < 1.29 is 58.2 Å². The van der Waals surface area contributed by atoms with Crippen molar-refractivity contribution in [2.75, 3.05) is 31.1 Å². The van der Waals surface area contributed by atoms with Crippen molar-refractivity contribution in [1.82, 2.24) is 0 Å². The van der Waals surface area contributed by atoms with E-state index >= 15 is 0 Å². The Labute approximate surface area is 151 Å². The first kappa shape index (κ1) is 17.6. The monoisotopic (exact) mass is 308 g/mol. The van der Waals surface area contributed by atoms with Crippen LogP contribution in [-0.4, -0.2) is 26.2 Å². The number of hydrogen-bond acceptors (Lipinski definition) is 3. The van der Waals surface area contributed by atoms with Crippen LogP contribution in [0, 0.1) is 0 Å². The first-order valence-corrected chi connectivity index (χ1v) is 5.96. The van der Waals surface area contributed by atoms with Crippen LogP contribution in [0.1, 0.15) is 26.3 Å². The van der Waals surface area contributed by atoms with Gasteiger partial charge in [-0.3, -0.25) is 9.59 Å². The Morgan fingerprint density at radius 2 is 1.65 bits per heavy atom. The third-order valence-corrected chi connectivity index (χ3v) is 2.71. The molecular formula is C12H19N2O2Rb. The zero-order chi connectivity index (χ0) is 12.1. The quantitative estimate of drug-likeness (QED) is 0.598. The van der Waals surface area contributed by atoms with E-state index in [0.717, 1.165) is 26.2 Å². The van der Waals surface area contributed by atoms with E-state index in [1.165, 1.54) is 0 Å². The molecule has 5 heteroatoms. The molecule has 1 saturated heterocycles.